The lowest BCUT2D eigenvalue weighted by atomic mass is 10.1. The molecule has 7 nitrogen and oxygen atoms in total. The quantitative estimate of drug-likeness (QED) is 0.599. The standard InChI is InChI=1S/C14H23N3O4/c1-4-5-12(20)9(2)7-17(10(3)19)13-11-6-14(8-18,21-13)16-15-11/h7,11,13,15-16,18H,4-6,8H2,1-3H3/b9-7-/t11?,13-,14+/m1/s1. The second-order valence-electron chi connectivity index (χ2n) is 5.65. The van der Waals surface area contributed by atoms with Gasteiger partial charge in [0.05, 0.1) is 12.6 Å². The van der Waals surface area contributed by atoms with E-state index < -0.39 is 12.0 Å². The molecular weight excluding hydrogens is 274 g/mol. The maximum absolute atomic E-state index is 11.9. The minimum Gasteiger partial charge on any atom is -0.392 e. The average Bonchev–Trinajstić information content (AvgIpc) is 3.03. The number of nitrogens with one attached hydrogen (secondary N) is 2. The molecule has 0 aromatic carbocycles. The number of ether oxygens (including phenoxy) is 1. The molecule has 0 aromatic heterocycles. The van der Waals surface area contributed by atoms with Crippen molar-refractivity contribution in [3.63, 3.8) is 0 Å². The first-order chi connectivity index (χ1) is 9.92. The molecule has 1 unspecified atom stereocenters. The number of ketones is 1. The summed E-state index contributed by atoms with van der Waals surface area (Å²) >= 11 is 0. The highest BCUT2D eigenvalue weighted by Gasteiger charge is 2.54. The Hall–Kier alpha value is -1.28. The molecule has 2 heterocycles. The number of rotatable bonds is 6. The highest BCUT2D eigenvalue weighted by molar-refractivity contribution is 5.95. The molecule has 0 radical (unpaired) electrons. The number of carbonyl (C=O) groups excluding carboxylic acids is 2. The van der Waals surface area contributed by atoms with Crippen LogP contribution in [0.3, 0.4) is 0 Å². The first-order valence-corrected chi connectivity index (χ1v) is 7.24. The van der Waals surface area contributed by atoms with Crippen molar-refractivity contribution in [1.82, 2.24) is 15.8 Å². The van der Waals surface area contributed by atoms with Gasteiger partial charge in [0.1, 0.15) is 0 Å². The number of allylic oxidation sites excluding steroid dienone is 1. The fourth-order valence-electron chi connectivity index (χ4n) is 2.68. The van der Waals surface area contributed by atoms with E-state index in [1.165, 1.54) is 11.8 Å². The van der Waals surface area contributed by atoms with E-state index in [-0.39, 0.29) is 24.3 Å². The van der Waals surface area contributed by atoms with E-state index in [0.29, 0.717) is 18.4 Å². The van der Waals surface area contributed by atoms with Crippen LogP contribution >= 0.6 is 0 Å². The summed E-state index contributed by atoms with van der Waals surface area (Å²) in [4.78, 5) is 25.2. The third-order valence-electron chi connectivity index (χ3n) is 3.87. The summed E-state index contributed by atoms with van der Waals surface area (Å²) < 4.78 is 5.79. The van der Waals surface area contributed by atoms with Gasteiger partial charge in [-0.15, -0.1) is 0 Å². The topological polar surface area (TPSA) is 90.9 Å². The predicted molar refractivity (Wildman–Crippen MR) is 75.6 cm³/mol. The van der Waals surface area contributed by atoms with Gasteiger partial charge >= 0.3 is 0 Å². The molecule has 7 heteroatoms. The maximum Gasteiger partial charge on any atom is 0.225 e. The van der Waals surface area contributed by atoms with Crippen LogP contribution in [0.4, 0.5) is 0 Å². The van der Waals surface area contributed by atoms with Gasteiger partial charge in [-0.05, 0) is 13.3 Å². The van der Waals surface area contributed by atoms with Gasteiger partial charge in [-0.1, -0.05) is 6.92 Å². The van der Waals surface area contributed by atoms with Gasteiger partial charge < -0.3 is 9.84 Å². The molecule has 0 spiro atoms. The normalized spacial score (nSPS) is 31.5. The summed E-state index contributed by atoms with van der Waals surface area (Å²) in [6.07, 6.45) is 2.82. The van der Waals surface area contributed by atoms with E-state index in [2.05, 4.69) is 10.9 Å². The molecule has 0 aromatic rings. The number of aliphatic hydroxyl groups is 1. The summed E-state index contributed by atoms with van der Waals surface area (Å²) in [6.45, 7) is 4.89. The monoisotopic (exact) mass is 297 g/mol. The number of aliphatic hydroxyl groups excluding tert-OH is 1. The number of fused-ring (bicyclic) bond motifs is 2. The number of Topliss-reactive ketones (excluding diaryl/α,β-unsaturated/α-hetero) is 1. The third kappa shape index (κ3) is 3.16. The van der Waals surface area contributed by atoms with Crippen LogP contribution < -0.4 is 10.9 Å². The van der Waals surface area contributed by atoms with Crippen LogP contribution in [0.2, 0.25) is 0 Å². The molecule has 3 atom stereocenters. The molecular formula is C14H23N3O4. The maximum atomic E-state index is 11.9. The van der Waals surface area contributed by atoms with E-state index in [0.717, 1.165) is 6.42 Å². The molecule has 2 aliphatic rings. The lowest BCUT2D eigenvalue weighted by Crippen LogP contribution is -2.60. The van der Waals surface area contributed by atoms with Crippen molar-refractivity contribution in [2.24, 2.45) is 0 Å². The summed E-state index contributed by atoms with van der Waals surface area (Å²) in [6, 6.07) is -0.119. The van der Waals surface area contributed by atoms with Crippen LogP contribution in [0.15, 0.2) is 11.8 Å². The van der Waals surface area contributed by atoms with Crippen molar-refractivity contribution < 1.29 is 19.4 Å². The molecule has 2 rings (SSSR count). The molecule has 2 bridgehead atoms. The van der Waals surface area contributed by atoms with Crippen LogP contribution in [0.25, 0.3) is 0 Å². The van der Waals surface area contributed by atoms with Gasteiger partial charge in [0.15, 0.2) is 17.7 Å². The summed E-state index contributed by atoms with van der Waals surface area (Å²) in [5.41, 5.74) is 5.59. The highest BCUT2D eigenvalue weighted by atomic mass is 16.6. The van der Waals surface area contributed by atoms with Crippen molar-refractivity contribution in [2.45, 2.75) is 58.0 Å². The van der Waals surface area contributed by atoms with E-state index in [1.807, 2.05) is 6.92 Å². The van der Waals surface area contributed by atoms with Crippen molar-refractivity contribution >= 4 is 11.7 Å². The van der Waals surface area contributed by atoms with Crippen molar-refractivity contribution in [3.8, 4) is 0 Å². The molecule has 0 saturated carbocycles. The van der Waals surface area contributed by atoms with Crippen LogP contribution in [0, 0.1) is 0 Å². The van der Waals surface area contributed by atoms with Crippen molar-refractivity contribution in [2.75, 3.05) is 6.61 Å². The van der Waals surface area contributed by atoms with Gasteiger partial charge in [0.2, 0.25) is 5.91 Å². The first kappa shape index (κ1) is 16.1. The van der Waals surface area contributed by atoms with E-state index in [9.17, 15) is 14.7 Å². The van der Waals surface area contributed by atoms with Gasteiger partial charge in [-0.2, -0.15) is 0 Å². The first-order valence-electron chi connectivity index (χ1n) is 7.24. The third-order valence-corrected chi connectivity index (χ3v) is 3.87. The molecule has 0 aliphatic carbocycles. The summed E-state index contributed by atoms with van der Waals surface area (Å²) in [5.74, 6) is -0.180. The number of amides is 1. The fraction of sp³-hybridized carbons (Fsp3) is 0.714. The Morgan fingerprint density at radius 2 is 2.19 bits per heavy atom. The zero-order chi connectivity index (χ0) is 15.6. The van der Waals surface area contributed by atoms with E-state index in [4.69, 9.17) is 4.74 Å². The Balaban J connectivity index is 2.16. The SMILES string of the molecule is CCCC(=O)/C(C)=C\N(C(C)=O)[C@@H]1O[C@]2(CO)CC1NN2. The number of hydrogen-bond acceptors (Lipinski definition) is 6. The molecule has 118 valence electrons. The van der Waals surface area contributed by atoms with Crippen molar-refractivity contribution in [3.05, 3.63) is 11.8 Å². The average molecular weight is 297 g/mol. The van der Waals surface area contributed by atoms with Crippen molar-refractivity contribution in [1.29, 1.82) is 0 Å². The zero-order valence-electron chi connectivity index (χ0n) is 12.7. The Bertz CT molecular complexity index is 465. The van der Waals surface area contributed by atoms with Gasteiger partial charge in [-0.25, -0.2) is 10.9 Å². The predicted octanol–water partition coefficient (Wildman–Crippen LogP) is 0.0193. The highest BCUT2D eigenvalue weighted by Crippen LogP contribution is 2.34. The van der Waals surface area contributed by atoms with Gasteiger partial charge in [0, 0.05) is 31.5 Å². The minimum absolute atomic E-state index is 0.0230. The summed E-state index contributed by atoms with van der Waals surface area (Å²) in [7, 11) is 0. The lowest BCUT2D eigenvalue weighted by Gasteiger charge is -2.35. The summed E-state index contributed by atoms with van der Waals surface area (Å²) in [5, 5.41) is 9.42. The fourth-order valence-corrected chi connectivity index (χ4v) is 2.68. The lowest BCUT2D eigenvalue weighted by molar-refractivity contribution is -0.170. The molecule has 21 heavy (non-hydrogen) atoms. The minimum atomic E-state index is -0.849. The van der Waals surface area contributed by atoms with E-state index in [1.54, 1.807) is 13.1 Å². The Morgan fingerprint density at radius 3 is 2.71 bits per heavy atom. The largest absolute Gasteiger partial charge is 0.392 e. The zero-order valence-corrected chi connectivity index (χ0v) is 12.7. The van der Waals surface area contributed by atoms with Gasteiger partial charge in [0.25, 0.3) is 0 Å². The second kappa shape index (κ2) is 6.23. The number of carbonyl (C=O) groups is 2. The molecule has 1 amide bonds. The van der Waals surface area contributed by atoms with Crippen LogP contribution in [0.1, 0.15) is 40.0 Å². The molecule has 2 aliphatic heterocycles. The number of hydrazine groups is 1. The molecule has 3 N–H and O–H groups in total. The van der Waals surface area contributed by atoms with Crippen LogP contribution in [-0.2, 0) is 14.3 Å². The van der Waals surface area contributed by atoms with Gasteiger partial charge in [-0.3, -0.25) is 14.5 Å². The van der Waals surface area contributed by atoms with E-state index >= 15 is 0 Å². The van der Waals surface area contributed by atoms with Crippen LogP contribution in [-0.4, -0.2) is 46.3 Å². The Morgan fingerprint density at radius 1 is 1.48 bits per heavy atom. The second-order valence-corrected chi connectivity index (χ2v) is 5.65. The Kier molecular flexibility index (Phi) is 4.77. The molecule has 2 fully saturated rings. The van der Waals surface area contributed by atoms with Crippen LogP contribution in [0.5, 0.6) is 0 Å². The molecule has 2 saturated heterocycles. The Labute approximate surface area is 124 Å². The smallest absolute Gasteiger partial charge is 0.225 e. The number of nitrogens with zero attached hydrogens (tertiary/aromatic N) is 1. The number of hydrogen-bond donors (Lipinski definition) is 3.